The van der Waals surface area contributed by atoms with E-state index in [1.165, 1.54) is 0 Å². The van der Waals surface area contributed by atoms with Gasteiger partial charge in [-0.25, -0.2) is 0 Å². The molecule has 37 heavy (non-hydrogen) atoms. The minimum Gasteiger partial charge on any atom is -0.369 e. The summed E-state index contributed by atoms with van der Waals surface area (Å²) in [5, 5.41) is 6.59. The zero-order valence-corrected chi connectivity index (χ0v) is 20.1. The number of aromatic nitrogens is 2. The zero-order valence-electron chi connectivity index (χ0n) is 20.1. The minimum atomic E-state index is -0.975. The average Bonchev–Trinajstić information content (AvgIpc) is 3.59. The number of piperidine rings is 1. The molecule has 1 unspecified atom stereocenters. The Bertz CT molecular complexity index is 1400. The van der Waals surface area contributed by atoms with Gasteiger partial charge in [0.2, 0.25) is 11.8 Å². The maximum atomic E-state index is 13.0. The first kappa shape index (κ1) is 23.2. The van der Waals surface area contributed by atoms with E-state index in [1.807, 2.05) is 6.20 Å². The van der Waals surface area contributed by atoms with Gasteiger partial charge in [0.1, 0.15) is 17.9 Å². The van der Waals surface area contributed by atoms with Crippen molar-refractivity contribution in [2.75, 3.05) is 18.0 Å². The Hall–Kier alpha value is -4.26. The van der Waals surface area contributed by atoms with Crippen LogP contribution < -0.4 is 10.2 Å². The lowest BCUT2D eigenvalue weighted by Gasteiger charge is -2.38. The van der Waals surface area contributed by atoms with Crippen molar-refractivity contribution in [3.63, 3.8) is 0 Å². The topological polar surface area (TPSA) is 122 Å². The molecule has 4 amide bonds. The van der Waals surface area contributed by atoms with Crippen LogP contribution in [0, 0.1) is 17.8 Å². The molecule has 1 N–H and O–H groups in total. The van der Waals surface area contributed by atoms with Crippen molar-refractivity contribution >= 4 is 35.6 Å². The third kappa shape index (κ3) is 3.82. The van der Waals surface area contributed by atoms with Crippen LogP contribution in [0.3, 0.4) is 0 Å². The van der Waals surface area contributed by atoms with Gasteiger partial charge in [-0.15, -0.1) is 0 Å². The number of rotatable bonds is 4. The van der Waals surface area contributed by atoms with E-state index < -0.39 is 35.2 Å². The number of hydrogen-bond acceptors (Lipinski definition) is 7. The Kier molecular flexibility index (Phi) is 5.44. The van der Waals surface area contributed by atoms with Crippen molar-refractivity contribution in [3.8, 4) is 11.8 Å². The van der Waals surface area contributed by atoms with Crippen LogP contribution in [0.1, 0.15) is 64.8 Å². The highest BCUT2D eigenvalue weighted by atomic mass is 16.2. The highest BCUT2D eigenvalue weighted by molar-refractivity contribution is 6.23. The van der Waals surface area contributed by atoms with Crippen molar-refractivity contribution in [2.45, 2.75) is 50.1 Å². The SMILES string of the molecule is O=CC1(n2cc(C#CC3CN(c4ccc5c(c4)C(=O)N(C4CCC(=O)NC4=O)C5=O)C3)cn2)CCCC1. The zero-order chi connectivity index (χ0) is 25.7. The first-order valence-electron chi connectivity index (χ1n) is 12.5. The van der Waals surface area contributed by atoms with Crippen molar-refractivity contribution in [1.82, 2.24) is 20.0 Å². The van der Waals surface area contributed by atoms with Crippen molar-refractivity contribution in [1.29, 1.82) is 0 Å². The van der Waals surface area contributed by atoms with E-state index in [0.717, 1.165) is 48.1 Å². The second-order valence-corrected chi connectivity index (χ2v) is 10.2. The molecule has 0 bridgehead atoms. The van der Waals surface area contributed by atoms with Gasteiger partial charge < -0.3 is 9.69 Å². The summed E-state index contributed by atoms with van der Waals surface area (Å²) in [7, 11) is 0. The maximum Gasteiger partial charge on any atom is 0.262 e. The summed E-state index contributed by atoms with van der Waals surface area (Å²) in [5.74, 6) is 4.52. The van der Waals surface area contributed by atoms with Gasteiger partial charge >= 0.3 is 0 Å². The highest BCUT2D eigenvalue weighted by Gasteiger charge is 2.45. The number of benzene rings is 1. The molecule has 3 fully saturated rings. The quantitative estimate of drug-likeness (QED) is 0.382. The fourth-order valence-corrected chi connectivity index (χ4v) is 5.64. The van der Waals surface area contributed by atoms with E-state index in [-0.39, 0.29) is 29.9 Å². The van der Waals surface area contributed by atoms with E-state index >= 15 is 0 Å². The van der Waals surface area contributed by atoms with Crippen molar-refractivity contribution in [2.24, 2.45) is 5.92 Å². The Morgan fingerprint density at radius 3 is 2.54 bits per heavy atom. The molecular weight excluding hydrogens is 474 g/mol. The van der Waals surface area contributed by atoms with Gasteiger partial charge in [0, 0.05) is 31.4 Å². The Morgan fingerprint density at radius 1 is 1.05 bits per heavy atom. The maximum absolute atomic E-state index is 13.0. The van der Waals surface area contributed by atoms with Crippen LogP contribution in [0.5, 0.6) is 0 Å². The van der Waals surface area contributed by atoms with E-state index in [2.05, 4.69) is 27.2 Å². The van der Waals surface area contributed by atoms with Gasteiger partial charge in [0.25, 0.3) is 11.8 Å². The van der Waals surface area contributed by atoms with Gasteiger partial charge in [-0.3, -0.25) is 34.1 Å². The fourth-order valence-electron chi connectivity index (χ4n) is 5.64. The summed E-state index contributed by atoms with van der Waals surface area (Å²) in [5.41, 5.74) is 1.59. The molecule has 10 nitrogen and oxygen atoms in total. The molecular formula is C27H25N5O5. The second kappa shape index (κ2) is 8.69. The molecule has 188 valence electrons. The van der Waals surface area contributed by atoms with E-state index in [4.69, 9.17) is 0 Å². The molecule has 0 radical (unpaired) electrons. The number of imide groups is 2. The number of anilines is 1. The summed E-state index contributed by atoms with van der Waals surface area (Å²) in [4.78, 5) is 64.4. The predicted molar refractivity (Wildman–Crippen MR) is 130 cm³/mol. The van der Waals surface area contributed by atoms with Crippen molar-refractivity contribution < 1.29 is 24.0 Å². The largest absolute Gasteiger partial charge is 0.369 e. The molecule has 1 aromatic carbocycles. The van der Waals surface area contributed by atoms with Crippen LogP contribution >= 0.6 is 0 Å². The molecule has 10 heteroatoms. The predicted octanol–water partition coefficient (Wildman–Crippen LogP) is 1.24. The summed E-state index contributed by atoms with van der Waals surface area (Å²) < 4.78 is 1.75. The lowest BCUT2D eigenvalue weighted by atomic mass is 9.98. The second-order valence-electron chi connectivity index (χ2n) is 10.2. The Labute approximate surface area is 213 Å². The van der Waals surface area contributed by atoms with Crippen LogP contribution in [0.4, 0.5) is 5.69 Å². The number of nitrogens with zero attached hydrogens (tertiary/aromatic N) is 4. The third-order valence-corrected chi connectivity index (χ3v) is 7.82. The van der Waals surface area contributed by atoms with Crippen LogP contribution in [-0.2, 0) is 19.9 Å². The molecule has 2 aromatic rings. The first-order chi connectivity index (χ1) is 17.9. The van der Waals surface area contributed by atoms with Crippen LogP contribution in [0.15, 0.2) is 30.6 Å². The lowest BCUT2D eigenvalue weighted by molar-refractivity contribution is -0.136. The van der Waals surface area contributed by atoms with E-state index in [0.29, 0.717) is 13.1 Å². The molecule has 3 aliphatic heterocycles. The van der Waals surface area contributed by atoms with Crippen LogP contribution in [0.2, 0.25) is 0 Å². The van der Waals surface area contributed by atoms with Gasteiger partial charge in [-0.2, -0.15) is 5.10 Å². The smallest absolute Gasteiger partial charge is 0.262 e. The number of carbonyl (C=O) groups is 5. The Balaban J connectivity index is 1.11. The van der Waals surface area contributed by atoms with Gasteiger partial charge in [-0.1, -0.05) is 24.7 Å². The molecule has 2 saturated heterocycles. The van der Waals surface area contributed by atoms with Crippen LogP contribution in [-0.4, -0.2) is 63.7 Å². The monoisotopic (exact) mass is 499 g/mol. The van der Waals surface area contributed by atoms with E-state index in [9.17, 15) is 24.0 Å². The lowest BCUT2D eigenvalue weighted by Crippen LogP contribution is -2.54. The highest BCUT2D eigenvalue weighted by Crippen LogP contribution is 2.35. The number of aldehydes is 1. The van der Waals surface area contributed by atoms with Gasteiger partial charge in [-0.05, 0) is 37.5 Å². The molecule has 4 aliphatic rings. The first-order valence-corrected chi connectivity index (χ1v) is 12.5. The summed E-state index contributed by atoms with van der Waals surface area (Å²) >= 11 is 0. The summed E-state index contributed by atoms with van der Waals surface area (Å²) in [6.45, 7) is 1.36. The molecule has 0 spiro atoms. The number of fused-ring (bicyclic) bond motifs is 1. The summed E-state index contributed by atoms with van der Waals surface area (Å²) in [6, 6.07) is 4.13. The molecule has 1 saturated carbocycles. The van der Waals surface area contributed by atoms with Crippen LogP contribution in [0.25, 0.3) is 0 Å². The molecule has 1 atom stereocenters. The van der Waals surface area contributed by atoms with E-state index in [1.54, 1.807) is 29.1 Å². The molecule has 6 rings (SSSR count). The number of nitrogens with one attached hydrogen (secondary N) is 1. The average molecular weight is 500 g/mol. The Morgan fingerprint density at radius 2 is 1.81 bits per heavy atom. The normalized spacial score (nSPS) is 22.9. The fraction of sp³-hybridized carbons (Fsp3) is 0.407. The van der Waals surface area contributed by atoms with Gasteiger partial charge in [0.15, 0.2) is 0 Å². The molecule has 1 aromatic heterocycles. The number of hydrogen-bond donors (Lipinski definition) is 1. The molecule has 1 aliphatic carbocycles. The minimum absolute atomic E-state index is 0.0873. The summed E-state index contributed by atoms with van der Waals surface area (Å²) in [6.07, 6.45) is 8.43. The number of carbonyl (C=O) groups excluding carboxylic acids is 5. The van der Waals surface area contributed by atoms with Gasteiger partial charge in [0.05, 0.1) is 28.8 Å². The number of amides is 4. The molecule has 4 heterocycles. The van der Waals surface area contributed by atoms with Crippen molar-refractivity contribution in [3.05, 3.63) is 47.3 Å². The third-order valence-electron chi connectivity index (χ3n) is 7.82. The standard InChI is InChI=1S/C27H25N5O5/c33-16-27(9-1-2-10-27)31-15-17(12-28-31)3-4-18-13-30(14-18)19-5-6-20-21(11-19)26(37)32(25(20)36)22-7-8-23(34)29-24(22)35/h5-6,11-12,15-16,18,22H,1-2,7-10,13-14H2,(H,29,34,35).